The van der Waals surface area contributed by atoms with Gasteiger partial charge in [-0.1, -0.05) is 18.0 Å². The van der Waals surface area contributed by atoms with Gasteiger partial charge in [-0.25, -0.2) is 14.4 Å². The molecule has 0 aliphatic heterocycles. The third-order valence-corrected chi connectivity index (χ3v) is 7.06. The smallest absolute Gasteiger partial charge is 0.278 e. The minimum absolute atomic E-state index is 0.0728. The molecule has 2 aliphatic carbocycles. The van der Waals surface area contributed by atoms with Crippen molar-refractivity contribution in [2.24, 2.45) is 11.3 Å². The molecule has 0 radical (unpaired) electrons. The quantitative estimate of drug-likeness (QED) is 0.575. The number of anilines is 2. The lowest BCUT2D eigenvalue weighted by molar-refractivity contribution is 0.593. The number of nitrogens with two attached hydrogens (primary N) is 1. The van der Waals surface area contributed by atoms with Gasteiger partial charge in [-0.3, -0.25) is 9.36 Å². The molecule has 1 atom stereocenters. The topological polar surface area (TPSA) is 98.7 Å². The van der Waals surface area contributed by atoms with Crippen molar-refractivity contribution in [3.05, 3.63) is 40.6 Å². The Morgan fingerprint density at radius 3 is 2.83 bits per heavy atom. The number of nitrogen functional groups attached to an aromatic ring is 1. The lowest BCUT2D eigenvalue weighted by Crippen LogP contribution is -2.26. The van der Waals surface area contributed by atoms with Crippen LogP contribution in [0, 0.1) is 17.2 Å². The van der Waals surface area contributed by atoms with Gasteiger partial charge in [-0.2, -0.15) is 4.98 Å². The highest BCUT2D eigenvalue weighted by Gasteiger charge is 2.62. The molecule has 30 heavy (non-hydrogen) atoms. The van der Waals surface area contributed by atoms with Crippen LogP contribution < -0.4 is 16.0 Å². The highest BCUT2D eigenvalue weighted by Crippen LogP contribution is 2.71. The van der Waals surface area contributed by atoms with Crippen LogP contribution in [0.15, 0.2) is 29.2 Å². The van der Waals surface area contributed by atoms with Gasteiger partial charge in [-0.15, -0.1) is 0 Å². The fourth-order valence-electron chi connectivity index (χ4n) is 4.09. The van der Waals surface area contributed by atoms with E-state index in [1.807, 2.05) is 13.8 Å². The molecule has 2 aliphatic rings. The predicted octanol–water partition coefficient (Wildman–Crippen LogP) is 4.02. The second-order valence-electron chi connectivity index (χ2n) is 8.54. The average Bonchev–Trinajstić information content (AvgIpc) is 3.61. The maximum absolute atomic E-state index is 14.7. The van der Waals surface area contributed by atoms with E-state index in [0.717, 1.165) is 11.7 Å². The summed E-state index contributed by atoms with van der Waals surface area (Å²) in [6.07, 6.45) is 5.50. The van der Waals surface area contributed by atoms with Crippen LogP contribution in [0.5, 0.6) is 0 Å². The Labute approximate surface area is 177 Å². The largest absolute Gasteiger partial charge is 0.368 e. The minimum Gasteiger partial charge on any atom is -0.368 e. The van der Waals surface area contributed by atoms with E-state index in [1.165, 1.54) is 36.1 Å². The minimum atomic E-state index is -0.414. The Kier molecular flexibility index (Phi) is 4.46. The van der Waals surface area contributed by atoms with Gasteiger partial charge in [0, 0.05) is 17.4 Å². The van der Waals surface area contributed by atoms with Gasteiger partial charge in [0.05, 0.1) is 11.9 Å². The van der Waals surface area contributed by atoms with E-state index in [-0.39, 0.29) is 23.2 Å². The standard InChI is InChI=1S/C21H23FN6OS/c1-11(2)28-18-16(9-24-20(23)26-18)25-17(19(28)29)12-3-4-15(14(22)7-12)27-30-10-13-8-21(13)5-6-21/h3-4,7,9,11,13,27H,5-6,8,10H2,1-2H3,(H2,23,24,26). The van der Waals surface area contributed by atoms with Crippen LogP contribution in [0.4, 0.5) is 16.0 Å². The van der Waals surface area contributed by atoms with Crippen LogP contribution in [0.25, 0.3) is 22.4 Å². The molecule has 1 spiro atoms. The Bertz CT molecular complexity index is 1210. The van der Waals surface area contributed by atoms with Crippen molar-refractivity contribution < 1.29 is 4.39 Å². The van der Waals surface area contributed by atoms with Crippen molar-refractivity contribution in [1.82, 2.24) is 19.5 Å². The van der Waals surface area contributed by atoms with Crippen LogP contribution in [0.2, 0.25) is 0 Å². The first-order valence-corrected chi connectivity index (χ1v) is 11.1. The molecule has 9 heteroatoms. The Morgan fingerprint density at radius 2 is 2.17 bits per heavy atom. The third-order valence-electron chi connectivity index (χ3n) is 6.13. The first kappa shape index (κ1) is 19.3. The van der Waals surface area contributed by atoms with Gasteiger partial charge in [-0.05, 0) is 56.6 Å². The SMILES string of the molecule is CC(C)n1c(=O)c(-c2ccc(NSCC3CC34CC4)c(F)c2)nc2cnc(N)nc21. The molecule has 1 unspecified atom stereocenters. The summed E-state index contributed by atoms with van der Waals surface area (Å²) in [5, 5.41) is 0. The van der Waals surface area contributed by atoms with Crippen LogP contribution in [-0.4, -0.2) is 25.3 Å². The zero-order valence-electron chi connectivity index (χ0n) is 16.9. The third kappa shape index (κ3) is 3.30. The average molecular weight is 427 g/mol. The van der Waals surface area contributed by atoms with Gasteiger partial charge in [0.25, 0.3) is 5.56 Å². The van der Waals surface area contributed by atoms with E-state index in [1.54, 1.807) is 24.1 Å². The molecule has 5 rings (SSSR count). The van der Waals surface area contributed by atoms with E-state index in [9.17, 15) is 9.18 Å². The normalized spacial score (nSPS) is 18.9. The highest BCUT2D eigenvalue weighted by molar-refractivity contribution is 8.00. The number of fused-ring (bicyclic) bond motifs is 1. The molecule has 2 aromatic heterocycles. The molecular weight excluding hydrogens is 403 g/mol. The van der Waals surface area contributed by atoms with Crippen LogP contribution in [0.1, 0.15) is 39.2 Å². The molecule has 2 fully saturated rings. The Morgan fingerprint density at radius 1 is 1.37 bits per heavy atom. The molecule has 7 nitrogen and oxygen atoms in total. The Hall–Kier alpha value is -2.68. The molecule has 156 valence electrons. The highest BCUT2D eigenvalue weighted by atomic mass is 32.2. The van der Waals surface area contributed by atoms with E-state index in [0.29, 0.717) is 27.8 Å². The first-order valence-electron chi connectivity index (χ1n) is 10.1. The number of aromatic nitrogens is 4. The van der Waals surface area contributed by atoms with Crippen LogP contribution >= 0.6 is 11.9 Å². The summed E-state index contributed by atoms with van der Waals surface area (Å²) in [7, 11) is 0. The number of nitrogens with one attached hydrogen (secondary N) is 1. The summed E-state index contributed by atoms with van der Waals surface area (Å²) in [5.74, 6) is 1.42. The molecule has 2 saturated carbocycles. The van der Waals surface area contributed by atoms with Crippen molar-refractivity contribution >= 4 is 34.7 Å². The summed E-state index contributed by atoms with van der Waals surface area (Å²) >= 11 is 1.55. The zero-order valence-corrected chi connectivity index (χ0v) is 17.7. The molecule has 0 amide bonds. The van der Waals surface area contributed by atoms with Crippen molar-refractivity contribution in [3.8, 4) is 11.3 Å². The number of halogens is 1. The Balaban J connectivity index is 1.44. The maximum Gasteiger partial charge on any atom is 0.278 e. The number of rotatable bonds is 6. The van der Waals surface area contributed by atoms with Gasteiger partial charge in [0.2, 0.25) is 5.95 Å². The molecule has 1 aromatic carbocycles. The number of hydrogen-bond acceptors (Lipinski definition) is 7. The van der Waals surface area contributed by atoms with E-state index in [2.05, 4.69) is 19.7 Å². The fourth-order valence-corrected chi connectivity index (χ4v) is 5.16. The number of benzene rings is 1. The fraction of sp³-hybridized carbons (Fsp3) is 0.429. The van der Waals surface area contributed by atoms with E-state index in [4.69, 9.17) is 5.73 Å². The van der Waals surface area contributed by atoms with Crippen molar-refractivity contribution in [3.63, 3.8) is 0 Å². The van der Waals surface area contributed by atoms with E-state index < -0.39 is 5.82 Å². The number of nitrogens with zero attached hydrogens (tertiary/aromatic N) is 4. The molecule has 3 N–H and O–H groups in total. The monoisotopic (exact) mass is 426 g/mol. The summed E-state index contributed by atoms with van der Waals surface area (Å²) in [4.78, 5) is 25.7. The second kappa shape index (κ2) is 6.94. The van der Waals surface area contributed by atoms with Crippen molar-refractivity contribution in [2.45, 2.75) is 39.2 Å². The van der Waals surface area contributed by atoms with Gasteiger partial charge in [0.15, 0.2) is 5.65 Å². The van der Waals surface area contributed by atoms with Crippen molar-refractivity contribution in [2.75, 3.05) is 16.2 Å². The van der Waals surface area contributed by atoms with E-state index >= 15 is 0 Å². The summed E-state index contributed by atoms with van der Waals surface area (Å²) in [6, 6.07) is 4.54. The maximum atomic E-state index is 14.7. The van der Waals surface area contributed by atoms with Gasteiger partial charge < -0.3 is 10.5 Å². The number of hydrogen-bond donors (Lipinski definition) is 2. The van der Waals surface area contributed by atoms with Crippen LogP contribution in [0.3, 0.4) is 0 Å². The first-order chi connectivity index (χ1) is 14.4. The lowest BCUT2D eigenvalue weighted by atomic mass is 10.1. The molecule has 3 aromatic rings. The summed E-state index contributed by atoms with van der Waals surface area (Å²) in [5.41, 5.74) is 7.79. The zero-order chi connectivity index (χ0) is 21.0. The van der Waals surface area contributed by atoms with Crippen molar-refractivity contribution in [1.29, 1.82) is 0 Å². The predicted molar refractivity (Wildman–Crippen MR) is 118 cm³/mol. The molecule has 0 saturated heterocycles. The second-order valence-corrected chi connectivity index (χ2v) is 9.36. The molecule has 0 bridgehead atoms. The summed E-state index contributed by atoms with van der Waals surface area (Å²) < 4.78 is 19.4. The van der Waals surface area contributed by atoms with Crippen LogP contribution in [-0.2, 0) is 0 Å². The molecular formula is C21H23FN6OS. The van der Waals surface area contributed by atoms with Gasteiger partial charge in [0.1, 0.15) is 17.0 Å². The van der Waals surface area contributed by atoms with Gasteiger partial charge >= 0.3 is 0 Å². The summed E-state index contributed by atoms with van der Waals surface area (Å²) in [6.45, 7) is 3.75. The molecule has 2 heterocycles. The lowest BCUT2D eigenvalue weighted by Gasteiger charge is -2.15.